The normalized spacial score (nSPS) is 13.0. The number of rotatable bonds is 5. The molecule has 3 aromatic carbocycles. The minimum absolute atomic E-state index is 0.120. The van der Waals surface area contributed by atoms with Crippen LogP contribution in [0.5, 0.6) is 0 Å². The fourth-order valence-corrected chi connectivity index (χ4v) is 3.90. The Bertz CT molecular complexity index is 1160. The Morgan fingerprint density at radius 3 is 2.19 bits per heavy atom. The van der Waals surface area contributed by atoms with Crippen molar-refractivity contribution in [3.05, 3.63) is 100 Å². The number of fused-ring (bicyclic) bond motifs is 1. The second-order valence-electron chi connectivity index (χ2n) is 8.09. The lowest BCUT2D eigenvalue weighted by Gasteiger charge is -2.17. The molecule has 4 rings (SSSR count). The largest absolute Gasteiger partial charge is 0.321 e. The smallest absolute Gasteiger partial charge is 0.261 e. The summed E-state index contributed by atoms with van der Waals surface area (Å²) in [6, 6.07) is 19.8. The first-order valence-electron chi connectivity index (χ1n) is 10.3. The quantitative estimate of drug-likeness (QED) is 0.588. The van der Waals surface area contributed by atoms with Crippen LogP contribution >= 0.6 is 0 Å². The van der Waals surface area contributed by atoms with Crippen LogP contribution in [-0.2, 0) is 6.54 Å². The molecule has 5 nitrogen and oxygen atoms in total. The van der Waals surface area contributed by atoms with Crippen LogP contribution in [0.2, 0.25) is 0 Å². The molecule has 156 valence electrons. The van der Waals surface area contributed by atoms with Gasteiger partial charge in [0.1, 0.15) is 0 Å². The lowest BCUT2D eigenvalue weighted by molar-refractivity contribution is 0.0642. The predicted molar refractivity (Wildman–Crippen MR) is 120 cm³/mol. The van der Waals surface area contributed by atoms with E-state index in [1.54, 1.807) is 42.5 Å². The number of amides is 3. The minimum atomic E-state index is -0.308. The van der Waals surface area contributed by atoms with Crippen LogP contribution in [0.4, 0.5) is 5.69 Å². The Hall–Kier alpha value is -3.73. The first-order valence-corrected chi connectivity index (χ1v) is 10.3. The number of benzene rings is 3. The molecule has 0 saturated heterocycles. The zero-order valence-corrected chi connectivity index (χ0v) is 17.8. The molecule has 0 bridgehead atoms. The molecule has 1 heterocycles. The van der Waals surface area contributed by atoms with Crippen molar-refractivity contribution in [3.8, 4) is 0 Å². The number of anilines is 1. The van der Waals surface area contributed by atoms with Gasteiger partial charge in [-0.3, -0.25) is 19.3 Å². The van der Waals surface area contributed by atoms with Crippen molar-refractivity contribution >= 4 is 23.4 Å². The molecule has 0 radical (unpaired) electrons. The standard InChI is InChI=1S/C26H24N2O3/c1-16(2)20-13-6-8-17(3)23(20)27-24(29)19-10-7-9-18(14-19)15-28-25(30)21-11-4-5-12-22(21)26(28)31/h4-14,16H,15H2,1-3H3,(H,27,29). The molecule has 1 N–H and O–H groups in total. The maximum absolute atomic E-state index is 13.0. The van der Waals surface area contributed by atoms with Crippen molar-refractivity contribution in [1.82, 2.24) is 4.90 Å². The van der Waals surface area contributed by atoms with Crippen LogP contribution in [0.25, 0.3) is 0 Å². The van der Waals surface area contributed by atoms with Gasteiger partial charge in [-0.15, -0.1) is 0 Å². The van der Waals surface area contributed by atoms with E-state index >= 15 is 0 Å². The zero-order chi connectivity index (χ0) is 22.1. The minimum Gasteiger partial charge on any atom is -0.321 e. The molecular formula is C26H24N2O3. The van der Waals surface area contributed by atoms with Crippen molar-refractivity contribution < 1.29 is 14.4 Å². The molecule has 0 aromatic heterocycles. The summed E-state index contributed by atoms with van der Waals surface area (Å²) in [4.78, 5) is 39.5. The molecule has 3 aromatic rings. The van der Waals surface area contributed by atoms with Gasteiger partial charge in [0, 0.05) is 11.3 Å². The van der Waals surface area contributed by atoms with Crippen molar-refractivity contribution in [3.63, 3.8) is 0 Å². The highest BCUT2D eigenvalue weighted by Crippen LogP contribution is 2.28. The van der Waals surface area contributed by atoms with E-state index in [2.05, 4.69) is 19.2 Å². The van der Waals surface area contributed by atoms with E-state index in [1.165, 1.54) is 4.90 Å². The number of hydrogen-bond acceptors (Lipinski definition) is 3. The highest BCUT2D eigenvalue weighted by atomic mass is 16.2. The highest BCUT2D eigenvalue weighted by molar-refractivity contribution is 6.21. The zero-order valence-electron chi connectivity index (χ0n) is 17.8. The topological polar surface area (TPSA) is 66.5 Å². The van der Waals surface area contributed by atoms with Gasteiger partial charge in [-0.1, -0.05) is 56.3 Å². The number of imide groups is 1. The summed E-state index contributed by atoms with van der Waals surface area (Å²) >= 11 is 0. The molecule has 3 amide bonds. The van der Waals surface area contributed by atoms with Crippen molar-refractivity contribution in [2.45, 2.75) is 33.2 Å². The summed E-state index contributed by atoms with van der Waals surface area (Å²) in [6.45, 7) is 6.27. The average molecular weight is 412 g/mol. The molecule has 1 aliphatic heterocycles. The summed E-state index contributed by atoms with van der Waals surface area (Å²) in [5.74, 6) is -0.565. The number of carbonyl (C=O) groups excluding carboxylic acids is 3. The van der Waals surface area contributed by atoms with Crippen LogP contribution < -0.4 is 5.32 Å². The van der Waals surface area contributed by atoms with E-state index in [-0.39, 0.29) is 30.2 Å². The van der Waals surface area contributed by atoms with E-state index < -0.39 is 0 Å². The Balaban J connectivity index is 1.56. The molecule has 5 heteroatoms. The number of carbonyl (C=O) groups is 3. The third kappa shape index (κ3) is 3.87. The van der Waals surface area contributed by atoms with Gasteiger partial charge in [0.15, 0.2) is 0 Å². The van der Waals surface area contributed by atoms with Crippen LogP contribution in [0.15, 0.2) is 66.7 Å². The Morgan fingerprint density at radius 1 is 0.903 bits per heavy atom. The fraction of sp³-hybridized carbons (Fsp3) is 0.192. The highest BCUT2D eigenvalue weighted by Gasteiger charge is 2.35. The molecule has 0 atom stereocenters. The lowest BCUT2D eigenvalue weighted by Crippen LogP contribution is -2.29. The van der Waals surface area contributed by atoms with E-state index in [0.29, 0.717) is 16.7 Å². The Labute approximate surface area is 181 Å². The molecule has 0 spiro atoms. The van der Waals surface area contributed by atoms with Crippen molar-refractivity contribution in [1.29, 1.82) is 0 Å². The van der Waals surface area contributed by atoms with Gasteiger partial charge in [-0.25, -0.2) is 0 Å². The second-order valence-corrected chi connectivity index (χ2v) is 8.09. The van der Waals surface area contributed by atoms with Gasteiger partial charge < -0.3 is 5.32 Å². The maximum Gasteiger partial charge on any atom is 0.261 e. The van der Waals surface area contributed by atoms with Gasteiger partial charge >= 0.3 is 0 Å². The van der Waals surface area contributed by atoms with Crippen LogP contribution in [0.3, 0.4) is 0 Å². The third-order valence-corrected chi connectivity index (χ3v) is 5.57. The monoisotopic (exact) mass is 412 g/mol. The van der Waals surface area contributed by atoms with Gasteiger partial charge in [0.05, 0.1) is 17.7 Å². The van der Waals surface area contributed by atoms with Gasteiger partial charge in [-0.05, 0) is 53.8 Å². The summed E-state index contributed by atoms with van der Waals surface area (Å²) in [5.41, 5.74) is 4.94. The van der Waals surface area contributed by atoms with Gasteiger partial charge in [0.2, 0.25) is 0 Å². The van der Waals surface area contributed by atoms with Gasteiger partial charge in [0.25, 0.3) is 17.7 Å². The number of nitrogens with one attached hydrogen (secondary N) is 1. The number of para-hydroxylation sites is 1. The molecule has 31 heavy (non-hydrogen) atoms. The number of aryl methyl sites for hydroxylation is 1. The van der Waals surface area contributed by atoms with Gasteiger partial charge in [-0.2, -0.15) is 0 Å². The van der Waals surface area contributed by atoms with E-state index in [4.69, 9.17) is 0 Å². The lowest BCUT2D eigenvalue weighted by atomic mass is 9.98. The summed E-state index contributed by atoms with van der Waals surface area (Å²) in [6.07, 6.45) is 0. The Kier molecular flexibility index (Phi) is 5.42. The van der Waals surface area contributed by atoms with E-state index in [0.717, 1.165) is 22.4 Å². The molecule has 0 aliphatic carbocycles. The summed E-state index contributed by atoms with van der Waals surface area (Å²) in [7, 11) is 0. The predicted octanol–water partition coefficient (Wildman–Crippen LogP) is 5.17. The molecule has 1 aliphatic rings. The van der Waals surface area contributed by atoms with E-state index in [9.17, 15) is 14.4 Å². The maximum atomic E-state index is 13.0. The van der Waals surface area contributed by atoms with Crippen LogP contribution in [0.1, 0.15) is 67.5 Å². The second kappa shape index (κ2) is 8.19. The van der Waals surface area contributed by atoms with Crippen LogP contribution in [-0.4, -0.2) is 22.6 Å². The molecular weight excluding hydrogens is 388 g/mol. The Morgan fingerprint density at radius 2 is 1.55 bits per heavy atom. The average Bonchev–Trinajstić information content (AvgIpc) is 3.00. The SMILES string of the molecule is Cc1cccc(C(C)C)c1NC(=O)c1cccc(CN2C(=O)c3ccccc3C2=O)c1. The van der Waals surface area contributed by atoms with Crippen LogP contribution in [0, 0.1) is 6.92 Å². The van der Waals surface area contributed by atoms with Crippen molar-refractivity contribution in [2.75, 3.05) is 5.32 Å². The number of hydrogen-bond donors (Lipinski definition) is 1. The van der Waals surface area contributed by atoms with E-state index in [1.807, 2.05) is 31.2 Å². The molecule has 0 saturated carbocycles. The summed E-state index contributed by atoms with van der Waals surface area (Å²) in [5, 5.41) is 3.04. The molecule has 0 fully saturated rings. The molecule has 0 unspecified atom stereocenters. The number of nitrogens with zero attached hydrogens (tertiary/aromatic N) is 1. The third-order valence-electron chi connectivity index (χ3n) is 5.57. The summed E-state index contributed by atoms with van der Waals surface area (Å²) < 4.78 is 0. The fourth-order valence-electron chi connectivity index (χ4n) is 3.90. The first-order chi connectivity index (χ1) is 14.9. The van der Waals surface area contributed by atoms with Crippen molar-refractivity contribution in [2.24, 2.45) is 0 Å². The first kappa shape index (κ1) is 20.5.